The molecule has 0 radical (unpaired) electrons. The Morgan fingerprint density at radius 2 is 1.21 bits per heavy atom. The minimum absolute atomic E-state index is 0.00528. The average Bonchev–Trinajstić information content (AvgIpc) is 2.84. The van der Waals surface area contributed by atoms with Gasteiger partial charge in [-0.3, -0.25) is 0 Å². The molecule has 2 N–H and O–H groups in total. The summed E-state index contributed by atoms with van der Waals surface area (Å²) >= 11 is 0. The maximum absolute atomic E-state index is 10.1. The van der Waals surface area contributed by atoms with E-state index < -0.39 is 0 Å². The van der Waals surface area contributed by atoms with Crippen LogP contribution in [-0.2, 0) is 0 Å². The highest BCUT2D eigenvalue weighted by Gasteiger charge is 2.34. The van der Waals surface area contributed by atoms with E-state index in [1.165, 1.54) is 39.0 Å². The maximum atomic E-state index is 10.1. The Balaban J connectivity index is 1.90. The topological polar surface area (TPSA) is 40.5 Å². The first-order chi connectivity index (χ1) is 19.6. The second kappa shape index (κ2) is 16.1. The van der Waals surface area contributed by atoms with Crippen molar-refractivity contribution in [2.24, 2.45) is 16.7 Å². The summed E-state index contributed by atoms with van der Waals surface area (Å²) in [6.07, 6.45) is 33.8. The molecule has 2 heteroatoms. The van der Waals surface area contributed by atoms with Gasteiger partial charge in [0, 0.05) is 5.92 Å². The van der Waals surface area contributed by atoms with Gasteiger partial charge in [-0.15, -0.1) is 0 Å². The lowest BCUT2D eigenvalue weighted by Gasteiger charge is -2.38. The minimum atomic E-state index is -0.331. The summed E-state index contributed by atoms with van der Waals surface area (Å²) in [5.41, 5.74) is 8.73. The van der Waals surface area contributed by atoms with E-state index in [1.54, 1.807) is 0 Å². The Hall–Kier alpha value is -2.94. The first-order valence-corrected chi connectivity index (χ1v) is 15.4. The van der Waals surface area contributed by atoms with Crippen molar-refractivity contribution in [3.63, 3.8) is 0 Å². The maximum Gasteiger partial charge on any atom is 0.0729 e. The lowest BCUT2D eigenvalue weighted by atomic mass is 9.67. The molecule has 0 bridgehead atoms. The molecule has 42 heavy (non-hydrogen) atoms. The second-order valence-electron chi connectivity index (χ2n) is 13.7. The van der Waals surface area contributed by atoms with E-state index in [2.05, 4.69) is 154 Å². The molecule has 228 valence electrons. The van der Waals surface area contributed by atoms with Crippen LogP contribution in [0.1, 0.15) is 88.5 Å². The fourth-order valence-electron chi connectivity index (χ4n) is 6.14. The molecule has 0 spiro atoms. The van der Waals surface area contributed by atoms with Gasteiger partial charge >= 0.3 is 0 Å². The second-order valence-corrected chi connectivity index (χ2v) is 13.7. The highest BCUT2D eigenvalue weighted by molar-refractivity contribution is 5.38. The summed E-state index contributed by atoms with van der Waals surface area (Å²) in [4.78, 5) is 0. The number of rotatable bonds is 10. The van der Waals surface area contributed by atoms with E-state index >= 15 is 0 Å². The number of allylic oxidation sites excluding steroid dienone is 20. The summed E-state index contributed by atoms with van der Waals surface area (Å²) in [7, 11) is 0. The normalized spacial score (nSPS) is 26.6. The molecule has 0 fully saturated rings. The Kier molecular flexibility index (Phi) is 13.5. The van der Waals surface area contributed by atoms with Crippen molar-refractivity contribution in [2.45, 2.75) is 101 Å². The van der Waals surface area contributed by atoms with E-state index in [4.69, 9.17) is 0 Å². The van der Waals surface area contributed by atoms with Gasteiger partial charge in [-0.1, -0.05) is 152 Å². The summed E-state index contributed by atoms with van der Waals surface area (Å²) in [6.45, 7) is 21.6. The van der Waals surface area contributed by atoms with Crippen LogP contribution in [0.2, 0.25) is 0 Å². The van der Waals surface area contributed by atoms with Crippen LogP contribution in [-0.4, -0.2) is 22.4 Å². The number of hydrogen-bond acceptors (Lipinski definition) is 2. The van der Waals surface area contributed by atoms with Crippen molar-refractivity contribution in [2.75, 3.05) is 0 Å². The largest absolute Gasteiger partial charge is 0.393 e. The molecule has 2 rings (SSSR count). The predicted molar refractivity (Wildman–Crippen MR) is 184 cm³/mol. The van der Waals surface area contributed by atoms with Gasteiger partial charge < -0.3 is 10.2 Å². The number of hydrogen-bond donors (Lipinski definition) is 2. The predicted octanol–water partition coefficient (Wildman–Crippen LogP) is 10.4. The lowest BCUT2D eigenvalue weighted by Crippen LogP contribution is -2.32. The summed E-state index contributed by atoms with van der Waals surface area (Å²) in [6, 6.07) is 0. The lowest BCUT2D eigenvalue weighted by molar-refractivity contribution is 0.116. The molecule has 0 unspecified atom stereocenters. The highest BCUT2D eigenvalue weighted by Crippen LogP contribution is 2.42. The highest BCUT2D eigenvalue weighted by atomic mass is 16.3. The van der Waals surface area contributed by atoms with Crippen molar-refractivity contribution < 1.29 is 10.2 Å². The molecule has 0 amide bonds. The van der Waals surface area contributed by atoms with Gasteiger partial charge in [0.2, 0.25) is 0 Å². The van der Waals surface area contributed by atoms with Crippen LogP contribution in [0.4, 0.5) is 0 Å². The molecule has 0 saturated carbocycles. The Morgan fingerprint density at radius 3 is 1.74 bits per heavy atom. The zero-order chi connectivity index (χ0) is 31.5. The van der Waals surface area contributed by atoms with Crippen molar-refractivity contribution in [1.29, 1.82) is 0 Å². The van der Waals surface area contributed by atoms with Crippen LogP contribution in [0, 0.1) is 16.7 Å². The first-order valence-electron chi connectivity index (χ1n) is 15.4. The fraction of sp³-hybridized carbons (Fsp3) is 0.450. The Labute approximate surface area is 257 Å². The van der Waals surface area contributed by atoms with Gasteiger partial charge in [0.25, 0.3) is 0 Å². The van der Waals surface area contributed by atoms with Crippen LogP contribution in [0.3, 0.4) is 0 Å². The molecule has 2 aliphatic rings. The standard InChI is InChI=1S/C40H56O2/c1-29(17-13-19-31(3)21-23-37-33(5)25-35(41)27-39(37,7)8)15-11-12-16-30(2)18-14-20-32(4)22-24-38-34(6)26-36(42)28-40(38,9)10/h11-25,35-37,41-42H,26-28H2,1-10H3/b12-11?,17-13+,18-14?,23-21+,24-22?,29-15?,30-16?,31-19+,32-20?/t35-,36+,37-/m0/s1. The van der Waals surface area contributed by atoms with Crippen molar-refractivity contribution in [3.8, 4) is 0 Å². The smallest absolute Gasteiger partial charge is 0.0729 e. The van der Waals surface area contributed by atoms with Crippen molar-refractivity contribution >= 4 is 0 Å². The van der Waals surface area contributed by atoms with Gasteiger partial charge in [-0.2, -0.15) is 0 Å². The van der Waals surface area contributed by atoms with Gasteiger partial charge in [0.1, 0.15) is 0 Å². The summed E-state index contributed by atoms with van der Waals surface area (Å²) in [5.74, 6) is 0.348. The minimum Gasteiger partial charge on any atom is -0.393 e. The first kappa shape index (κ1) is 35.3. The third-order valence-electron chi connectivity index (χ3n) is 8.33. The number of aliphatic hydroxyl groups is 2. The molecular weight excluding hydrogens is 512 g/mol. The molecule has 3 atom stereocenters. The quantitative estimate of drug-likeness (QED) is 0.203. The summed E-state index contributed by atoms with van der Waals surface area (Å²) < 4.78 is 0. The van der Waals surface area contributed by atoms with Crippen LogP contribution in [0.5, 0.6) is 0 Å². The van der Waals surface area contributed by atoms with Crippen LogP contribution >= 0.6 is 0 Å². The van der Waals surface area contributed by atoms with E-state index in [0.717, 1.165) is 19.3 Å². The van der Waals surface area contributed by atoms with Gasteiger partial charge in [0.05, 0.1) is 12.2 Å². The van der Waals surface area contributed by atoms with E-state index in [1.807, 2.05) is 6.08 Å². The van der Waals surface area contributed by atoms with Gasteiger partial charge in [-0.25, -0.2) is 0 Å². The third-order valence-corrected chi connectivity index (χ3v) is 8.33. The zero-order valence-corrected chi connectivity index (χ0v) is 27.9. The van der Waals surface area contributed by atoms with Crippen LogP contribution < -0.4 is 0 Å². The monoisotopic (exact) mass is 568 g/mol. The van der Waals surface area contributed by atoms with Gasteiger partial charge in [0.15, 0.2) is 0 Å². The number of aliphatic hydroxyl groups excluding tert-OH is 2. The van der Waals surface area contributed by atoms with E-state index in [-0.39, 0.29) is 23.0 Å². The molecule has 2 nitrogen and oxygen atoms in total. The van der Waals surface area contributed by atoms with Crippen molar-refractivity contribution in [3.05, 3.63) is 130 Å². The van der Waals surface area contributed by atoms with Crippen molar-refractivity contribution in [1.82, 2.24) is 0 Å². The third kappa shape index (κ3) is 11.7. The van der Waals surface area contributed by atoms with Gasteiger partial charge in [-0.05, 0) is 77.2 Å². The average molecular weight is 569 g/mol. The van der Waals surface area contributed by atoms with E-state index in [9.17, 15) is 10.2 Å². The zero-order valence-electron chi connectivity index (χ0n) is 27.9. The molecule has 0 aromatic carbocycles. The van der Waals surface area contributed by atoms with Crippen LogP contribution in [0.25, 0.3) is 0 Å². The molecule has 0 heterocycles. The molecule has 0 aromatic heterocycles. The van der Waals surface area contributed by atoms with E-state index in [0.29, 0.717) is 5.92 Å². The Morgan fingerprint density at radius 1 is 0.714 bits per heavy atom. The molecule has 0 saturated heterocycles. The molecule has 2 aliphatic carbocycles. The van der Waals surface area contributed by atoms with Crippen LogP contribution in [0.15, 0.2) is 130 Å². The fourth-order valence-corrected chi connectivity index (χ4v) is 6.14. The molecular formula is C40H56O2. The SMILES string of the molecule is CC(C=CC=C(C)C=CC1=C(C)C[C@@H](O)CC1(C)C)=CC=CC=C(C)/C=C/C=C(C)/C=C/[C@H]1C(C)=C[C@H](O)CC1(C)C. The molecule has 0 aromatic rings. The Bertz CT molecular complexity index is 1270. The summed E-state index contributed by atoms with van der Waals surface area (Å²) in [5, 5.41) is 20.2. The molecule has 0 aliphatic heterocycles.